The Morgan fingerprint density at radius 1 is 1.03 bits per heavy atom. The molecular weight excluding hydrogens is 424 g/mol. The molecule has 0 atom stereocenters. The lowest BCUT2D eigenvalue weighted by molar-refractivity contribution is 0.237. The first-order valence-electron chi connectivity index (χ1n) is 10.8. The van der Waals surface area contributed by atoms with Gasteiger partial charge < -0.3 is 15.5 Å². The van der Waals surface area contributed by atoms with Gasteiger partial charge in [0, 0.05) is 35.1 Å². The summed E-state index contributed by atoms with van der Waals surface area (Å²) in [5.74, 6) is 0.259. The zero-order valence-electron chi connectivity index (χ0n) is 17.7. The molecule has 1 aliphatic rings. The number of nitrogens with zero attached hydrogens (tertiary/aromatic N) is 3. The fourth-order valence-electron chi connectivity index (χ4n) is 3.80. The highest BCUT2D eigenvalue weighted by Crippen LogP contribution is 2.23. The van der Waals surface area contributed by atoms with Gasteiger partial charge in [-0.15, -0.1) is 0 Å². The Bertz CT molecular complexity index is 1150. The molecule has 2 aromatic carbocycles. The van der Waals surface area contributed by atoms with Crippen molar-refractivity contribution in [3.05, 3.63) is 69.5 Å². The summed E-state index contributed by atoms with van der Waals surface area (Å²) in [6.45, 7) is 4.26. The van der Waals surface area contributed by atoms with E-state index in [1.165, 1.54) is 32.4 Å². The molecule has 3 N–H and O–H groups in total. The summed E-state index contributed by atoms with van der Waals surface area (Å²) in [5, 5.41) is 16.6. The predicted octanol–water partition coefficient (Wildman–Crippen LogP) is 4.60. The number of halogens is 1. The van der Waals surface area contributed by atoms with Crippen molar-refractivity contribution in [2.75, 3.05) is 36.8 Å². The minimum Gasteiger partial charge on any atom is -0.384 e. The van der Waals surface area contributed by atoms with Crippen molar-refractivity contribution in [3.63, 3.8) is 0 Å². The maximum Gasteiger partial charge on any atom is 0.270 e. The van der Waals surface area contributed by atoms with Gasteiger partial charge in [0.1, 0.15) is 11.6 Å². The van der Waals surface area contributed by atoms with Crippen LogP contribution >= 0.6 is 11.6 Å². The normalized spacial score (nSPS) is 14.0. The fourth-order valence-corrected chi connectivity index (χ4v) is 3.93. The molecule has 164 valence electrons. The Labute approximate surface area is 192 Å². The number of anilines is 3. The SMILES string of the molecule is N#Cc1c(-c2ccc(NCCN3CCCCC3)cc2)nc(Nc2ccc(Cl)cc2)[nH]c1=O. The standard InChI is InChI=1S/C24H25ClN6O/c25-18-6-10-20(11-7-18)28-24-29-22(21(16-26)23(32)30-24)17-4-8-19(9-5-17)27-12-15-31-13-2-1-3-14-31/h4-11,27H,1-3,12-15H2,(H2,28,29,30,32). The second kappa shape index (κ2) is 10.3. The van der Waals surface area contributed by atoms with Gasteiger partial charge in [-0.2, -0.15) is 5.26 Å². The monoisotopic (exact) mass is 448 g/mol. The highest BCUT2D eigenvalue weighted by atomic mass is 35.5. The molecule has 0 saturated carbocycles. The quantitative estimate of drug-likeness (QED) is 0.488. The Morgan fingerprint density at radius 3 is 2.41 bits per heavy atom. The van der Waals surface area contributed by atoms with Crippen LogP contribution in [0.15, 0.2) is 53.3 Å². The molecule has 1 saturated heterocycles. The Balaban J connectivity index is 1.48. The summed E-state index contributed by atoms with van der Waals surface area (Å²) < 4.78 is 0. The van der Waals surface area contributed by atoms with Gasteiger partial charge in [0.25, 0.3) is 5.56 Å². The number of piperidine rings is 1. The van der Waals surface area contributed by atoms with Gasteiger partial charge >= 0.3 is 0 Å². The number of nitriles is 1. The maximum absolute atomic E-state index is 12.5. The Kier molecular flexibility index (Phi) is 7.05. The highest BCUT2D eigenvalue weighted by molar-refractivity contribution is 6.30. The van der Waals surface area contributed by atoms with Gasteiger partial charge in [-0.3, -0.25) is 9.78 Å². The first-order chi connectivity index (χ1) is 15.6. The van der Waals surface area contributed by atoms with E-state index >= 15 is 0 Å². The summed E-state index contributed by atoms with van der Waals surface area (Å²) >= 11 is 5.92. The van der Waals surface area contributed by atoms with Crippen LogP contribution in [-0.2, 0) is 0 Å². The molecule has 0 spiro atoms. The first-order valence-corrected chi connectivity index (χ1v) is 11.1. The molecule has 0 unspecified atom stereocenters. The molecular formula is C24H25ClN6O. The second-order valence-corrected chi connectivity index (χ2v) is 8.22. The summed E-state index contributed by atoms with van der Waals surface area (Å²) in [4.78, 5) is 22.1. The fraction of sp³-hybridized carbons (Fsp3) is 0.292. The third kappa shape index (κ3) is 5.47. The van der Waals surface area contributed by atoms with Crippen LogP contribution in [0.4, 0.5) is 17.3 Å². The van der Waals surface area contributed by atoms with E-state index in [0.29, 0.717) is 16.3 Å². The van der Waals surface area contributed by atoms with Crippen LogP contribution in [0.5, 0.6) is 0 Å². The van der Waals surface area contributed by atoms with Gasteiger partial charge in [0.2, 0.25) is 5.95 Å². The zero-order valence-corrected chi connectivity index (χ0v) is 18.5. The van der Waals surface area contributed by atoms with Crippen molar-refractivity contribution < 1.29 is 0 Å². The molecule has 2 heterocycles. The predicted molar refractivity (Wildman–Crippen MR) is 129 cm³/mol. The molecule has 0 amide bonds. The zero-order chi connectivity index (χ0) is 22.3. The number of aromatic nitrogens is 2. The molecule has 3 aromatic rings. The maximum atomic E-state index is 12.5. The van der Waals surface area contributed by atoms with Crippen LogP contribution < -0.4 is 16.2 Å². The van der Waals surface area contributed by atoms with Gasteiger partial charge in [0.15, 0.2) is 0 Å². The average Bonchev–Trinajstić information content (AvgIpc) is 2.81. The lowest BCUT2D eigenvalue weighted by Gasteiger charge is -2.26. The topological polar surface area (TPSA) is 96.8 Å². The van der Waals surface area contributed by atoms with Crippen molar-refractivity contribution in [2.45, 2.75) is 19.3 Å². The van der Waals surface area contributed by atoms with Gasteiger partial charge in [-0.1, -0.05) is 30.2 Å². The highest BCUT2D eigenvalue weighted by Gasteiger charge is 2.14. The number of aromatic amines is 1. The van der Waals surface area contributed by atoms with Crippen molar-refractivity contribution in [2.24, 2.45) is 0 Å². The molecule has 0 radical (unpaired) electrons. The van der Waals surface area contributed by atoms with Crippen molar-refractivity contribution in [3.8, 4) is 17.3 Å². The third-order valence-corrected chi connectivity index (χ3v) is 5.75. The largest absolute Gasteiger partial charge is 0.384 e. The number of rotatable bonds is 7. The van der Waals surface area contributed by atoms with E-state index in [-0.39, 0.29) is 11.5 Å². The van der Waals surface area contributed by atoms with Crippen molar-refractivity contribution in [1.82, 2.24) is 14.9 Å². The van der Waals surface area contributed by atoms with Crippen LogP contribution in [0.25, 0.3) is 11.3 Å². The molecule has 0 aliphatic carbocycles. The van der Waals surface area contributed by atoms with Gasteiger partial charge in [0.05, 0.1) is 5.69 Å². The summed E-state index contributed by atoms with van der Waals surface area (Å²) in [7, 11) is 0. The van der Waals surface area contributed by atoms with Crippen LogP contribution in [0, 0.1) is 11.3 Å². The second-order valence-electron chi connectivity index (χ2n) is 7.79. The minimum absolute atomic E-state index is 0.0162. The van der Waals surface area contributed by atoms with Crippen molar-refractivity contribution in [1.29, 1.82) is 5.26 Å². The number of benzene rings is 2. The molecule has 0 bridgehead atoms. The number of hydrogen-bond donors (Lipinski definition) is 3. The number of likely N-dealkylation sites (tertiary alicyclic amines) is 1. The molecule has 7 nitrogen and oxygen atoms in total. The van der Waals surface area contributed by atoms with Crippen LogP contribution in [0.3, 0.4) is 0 Å². The number of nitrogens with one attached hydrogen (secondary N) is 3. The lowest BCUT2D eigenvalue weighted by Crippen LogP contribution is -2.33. The third-order valence-electron chi connectivity index (χ3n) is 5.50. The molecule has 1 aromatic heterocycles. The van der Waals surface area contributed by atoms with E-state index in [1.54, 1.807) is 24.3 Å². The van der Waals surface area contributed by atoms with Crippen LogP contribution in [0.2, 0.25) is 5.02 Å². The van der Waals surface area contributed by atoms with E-state index in [4.69, 9.17) is 11.6 Å². The number of H-pyrrole nitrogens is 1. The minimum atomic E-state index is -0.488. The van der Waals surface area contributed by atoms with Crippen molar-refractivity contribution >= 4 is 28.9 Å². The van der Waals surface area contributed by atoms with Gasteiger partial charge in [-0.05, 0) is 62.3 Å². The van der Waals surface area contributed by atoms with E-state index < -0.39 is 5.56 Å². The summed E-state index contributed by atoms with van der Waals surface area (Å²) in [5.41, 5.74) is 2.26. The van der Waals surface area contributed by atoms with Gasteiger partial charge in [-0.25, -0.2) is 4.98 Å². The molecule has 8 heteroatoms. The molecule has 1 fully saturated rings. The lowest BCUT2D eigenvalue weighted by atomic mass is 10.1. The molecule has 32 heavy (non-hydrogen) atoms. The van der Waals surface area contributed by atoms with Crippen LogP contribution in [0.1, 0.15) is 24.8 Å². The average molecular weight is 449 g/mol. The molecule has 4 rings (SSSR count). The van der Waals surface area contributed by atoms with E-state index in [2.05, 4.69) is 25.5 Å². The van der Waals surface area contributed by atoms with Crippen LogP contribution in [-0.4, -0.2) is 41.0 Å². The Morgan fingerprint density at radius 2 is 1.72 bits per heavy atom. The molecule has 1 aliphatic heterocycles. The number of hydrogen-bond acceptors (Lipinski definition) is 6. The smallest absolute Gasteiger partial charge is 0.270 e. The van der Waals surface area contributed by atoms with E-state index in [1.807, 2.05) is 30.3 Å². The Hall–Kier alpha value is -3.34. The first kappa shape index (κ1) is 21.9. The summed E-state index contributed by atoms with van der Waals surface area (Å²) in [6.07, 6.45) is 3.91. The van der Waals surface area contributed by atoms with E-state index in [9.17, 15) is 10.1 Å². The summed E-state index contributed by atoms with van der Waals surface area (Å²) in [6, 6.07) is 16.7. The van der Waals surface area contributed by atoms with E-state index in [0.717, 1.165) is 24.5 Å².